The number of carbonyl (C=O) groups is 1. The number of fused-ring (bicyclic) bond motifs is 2. The van der Waals surface area contributed by atoms with Gasteiger partial charge in [-0.1, -0.05) is 36.8 Å². The summed E-state index contributed by atoms with van der Waals surface area (Å²) < 4.78 is 1.82. The van der Waals surface area contributed by atoms with Crippen molar-refractivity contribution in [3.63, 3.8) is 0 Å². The molecule has 1 heterocycles. The van der Waals surface area contributed by atoms with Gasteiger partial charge in [0.1, 0.15) is 0 Å². The molecule has 2 aromatic rings. The van der Waals surface area contributed by atoms with Crippen LogP contribution in [0.25, 0.3) is 0 Å². The Balaban J connectivity index is 0.00000196. The van der Waals surface area contributed by atoms with Gasteiger partial charge < -0.3 is 11.1 Å². The number of rotatable bonds is 4. The molecule has 2 fully saturated rings. The van der Waals surface area contributed by atoms with Gasteiger partial charge >= 0.3 is 0 Å². The maximum atomic E-state index is 12.7. The molecule has 4 rings (SSSR count). The van der Waals surface area contributed by atoms with Gasteiger partial charge in [-0.3, -0.25) is 9.48 Å². The van der Waals surface area contributed by atoms with E-state index in [1.54, 1.807) is 6.20 Å². The fraction of sp³-hybridized carbons (Fsp3) is 0.500. The predicted molar refractivity (Wildman–Crippen MR) is 104 cm³/mol. The summed E-state index contributed by atoms with van der Waals surface area (Å²) in [5, 5.41) is 7.63. The Hall–Kier alpha value is -1.85. The third-order valence-corrected chi connectivity index (χ3v) is 5.76. The third-order valence-electron chi connectivity index (χ3n) is 5.76. The smallest absolute Gasteiger partial charge is 0.254 e. The average molecular weight is 375 g/mol. The highest BCUT2D eigenvalue weighted by Crippen LogP contribution is 2.39. The van der Waals surface area contributed by atoms with Crippen molar-refractivity contribution in [1.29, 1.82) is 0 Å². The Labute approximate surface area is 160 Å². The van der Waals surface area contributed by atoms with Crippen LogP contribution >= 0.6 is 12.4 Å². The molecule has 140 valence electrons. The molecule has 1 aromatic heterocycles. The van der Waals surface area contributed by atoms with Crippen LogP contribution in [0.2, 0.25) is 0 Å². The van der Waals surface area contributed by atoms with Gasteiger partial charge in [0.05, 0.1) is 18.3 Å². The molecule has 2 saturated carbocycles. The number of benzene rings is 1. The van der Waals surface area contributed by atoms with Crippen LogP contribution < -0.4 is 11.1 Å². The van der Waals surface area contributed by atoms with Gasteiger partial charge in [0.15, 0.2) is 0 Å². The summed E-state index contributed by atoms with van der Waals surface area (Å²) >= 11 is 0. The van der Waals surface area contributed by atoms with Crippen molar-refractivity contribution in [2.24, 2.45) is 17.6 Å². The molecule has 2 atom stereocenters. The lowest BCUT2D eigenvalue weighted by Gasteiger charge is -2.45. The standard InChI is InChI=1S/C20H26N4O.ClH/c21-18-9-15-7-4-8-16(10-18)19(15)23-20(25)17-11-22-24(13-17)12-14-5-2-1-3-6-14;/h1-3,5-6,11,13,15-16,18-19H,4,7-10,12,21H2,(H,23,25);1H. The number of nitrogens with one attached hydrogen (secondary N) is 1. The molecule has 0 saturated heterocycles. The third kappa shape index (κ3) is 4.10. The first-order valence-electron chi connectivity index (χ1n) is 9.32. The molecule has 5 nitrogen and oxygen atoms in total. The highest BCUT2D eigenvalue weighted by molar-refractivity contribution is 5.93. The van der Waals surface area contributed by atoms with Crippen molar-refractivity contribution in [3.05, 3.63) is 53.9 Å². The molecule has 0 aliphatic heterocycles. The van der Waals surface area contributed by atoms with E-state index < -0.39 is 0 Å². The quantitative estimate of drug-likeness (QED) is 0.864. The number of carbonyl (C=O) groups excluding carboxylic acids is 1. The predicted octanol–water partition coefficient (Wildman–Crippen LogP) is 2.99. The van der Waals surface area contributed by atoms with Crippen LogP contribution in [-0.2, 0) is 6.54 Å². The first-order valence-corrected chi connectivity index (χ1v) is 9.32. The van der Waals surface area contributed by atoms with E-state index in [1.807, 2.05) is 29.1 Å². The molecule has 26 heavy (non-hydrogen) atoms. The zero-order valence-electron chi connectivity index (χ0n) is 14.9. The fourth-order valence-corrected chi connectivity index (χ4v) is 4.60. The number of hydrogen-bond donors (Lipinski definition) is 2. The number of nitrogens with zero attached hydrogens (tertiary/aromatic N) is 2. The monoisotopic (exact) mass is 374 g/mol. The van der Waals surface area contributed by atoms with E-state index in [9.17, 15) is 4.79 Å². The molecule has 1 amide bonds. The van der Waals surface area contributed by atoms with Gasteiger partial charge in [0, 0.05) is 18.3 Å². The molecule has 1 aromatic carbocycles. The van der Waals surface area contributed by atoms with Gasteiger partial charge in [-0.2, -0.15) is 5.10 Å². The highest BCUT2D eigenvalue weighted by atomic mass is 35.5. The van der Waals surface area contributed by atoms with E-state index in [2.05, 4.69) is 22.5 Å². The normalized spacial score (nSPS) is 27.4. The van der Waals surface area contributed by atoms with Crippen LogP contribution in [0.5, 0.6) is 0 Å². The van der Waals surface area contributed by atoms with Crippen LogP contribution in [0, 0.1) is 11.8 Å². The van der Waals surface area contributed by atoms with E-state index in [0.29, 0.717) is 30.0 Å². The minimum absolute atomic E-state index is 0. The molecular weight excluding hydrogens is 348 g/mol. The van der Waals surface area contributed by atoms with Crippen molar-refractivity contribution >= 4 is 18.3 Å². The van der Waals surface area contributed by atoms with E-state index >= 15 is 0 Å². The molecule has 0 spiro atoms. The Morgan fingerprint density at radius 3 is 2.58 bits per heavy atom. The minimum Gasteiger partial charge on any atom is -0.349 e. The molecule has 2 aliphatic rings. The van der Waals surface area contributed by atoms with E-state index in [4.69, 9.17) is 5.73 Å². The van der Waals surface area contributed by atoms with Crippen molar-refractivity contribution in [2.75, 3.05) is 0 Å². The van der Waals surface area contributed by atoms with E-state index in [0.717, 1.165) is 12.8 Å². The summed E-state index contributed by atoms with van der Waals surface area (Å²) in [6, 6.07) is 10.7. The largest absolute Gasteiger partial charge is 0.349 e. The summed E-state index contributed by atoms with van der Waals surface area (Å²) in [7, 11) is 0. The Morgan fingerprint density at radius 1 is 1.19 bits per heavy atom. The summed E-state index contributed by atoms with van der Waals surface area (Å²) in [5.74, 6) is 1.06. The zero-order valence-corrected chi connectivity index (χ0v) is 15.7. The van der Waals surface area contributed by atoms with Gasteiger partial charge in [0.2, 0.25) is 0 Å². The number of aromatic nitrogens is 2. The second-order valence-corrected chi connectivity index (χ2v) is 7.59. The van der Waals surface area contributed by atoms with Crippen molar-refractivity contribution in [2.45, 2.75) is 50.7 Å². The van der Waals surface area contributed by atoms with Gasteiger partial charge in [-0.15, -0.1) is 12.4 Å². The lowest BCUT2D eigenvalue weighted by Crippen LogP contribution is -2.53. The number of hydrogen-bond acceptors (Lipinski definition) is 3. The summed E-state index contributed by atoms with van der Waals surface area (Å²) in [4.78, 5) is 12.7. The van der Waals surface area contributed by atoms with Crippen LogP contribution in [0.3, 0.4) is 0 Å². The van der Waals surface area contributed by atoms with Gasteiger partial charge in [-0.25, -0.2) is 0 Å². The van der Waals surface area contributed by atoms with Crippen molar-refractivity contribution < 1.29 is 4.79 Å². The Kier molecular flexibility index (Phi) is 5.99. The first kappa shape index (κ1) is 18.9. The number of halogens is 1. The second kappa shape index (κ2) is 8.23. The topological polar surface area (TPSA) is 72.9 Å². The highest BCUT2D eigenvalue weighted by Gasteiger charge is 2.40. The molecular formula is C20H27ClN4O. The number of amides is 1. The van der Waals surface area contributed by atoms with Crippen LogP contribution in [0.4, 0.5) is 0 Å². The zero-order chi connectivity index (χ0) is 17.2. The Bertz CT molecular complexity index is 718. The molecule has 2 aliphatic carbocycles. The van der Waals surface area contributed by atoms with E-state index in [-0.39, 0.29) is 24.4 Å². The summed E-state index contributed by atoms with van der Waals surface area (Å²) in [6.45, 7) is 0.678. The minimum atomic E-state index is -0.00307. The molecule has 0 radical (unpaired) electrons. The first-order chi connectivity index (χ1) is 12.2. The summed E-state index contributed by atoms with van der Waals surface area (Å²) in [5.41, 5.74) is 8.00. The second-order valence-electron chi connectivity index (χ2n) is 7.59. The Morgan fingerprint density at radius 2 is 1.88 bits per heavy atom. The van der Waals surface area contributed by atoms with Crippen molar-refractivity contribution in [3.8, 4) is 0 Å². The summed E-state index contributed by atoms with van der Waals surface area (Å²) in [6.07, 6.45) is 9.22. The van der Waals surface area contributed by atoms with Crippen LogP contribution in [0.15, 0.2) is 42.7 Å². The SMILES string of the molecule is Cl.NC1CC2CCCC(C1)C2NC(=O)c1cnn(Cc2ccccc2)c1. The maximum Gasteiger partial charge on any atom is 0.254 e. The molecule has 6 heteroatoms. The van der Waals surface area contributed by atoms with E-state index in [1.165, 1.54) is 24.8 Å². The van der Waals surface area contributed by atoms with Crippen LogP contribution in [-0.4, -0.2) is 27.8 Å². The van der Waals surface area contributed by atoms with Gasteiger partial charge in [-0.05, 0) is 43.1 Å². The molecule has 3 N–H and O–H groups in total. The van der Waals surface area contributed by atoms with Crippen molar-refractivity contribution in [1.82, 2.24) is 15.1 Å². The molecule has 2 unspecified atom stereocenters. The van der Waals surface area contributed by atoms with Crippen LogP contribution in [0.1, 0.15) is 48.0 Å². The average Bonchev–Trinajstić information content (AvgIpc) is 3.05. The fourth-order valence-electron chi connectivity index (χ4n) is 4.60. The lowest BCUT2D eigenvalue weighted by molar-refractivity contribution is 0.0756. The maximum absolute atomic E-state index is 12.7. The van der Waals surface area contributed by atoms with Gasteiger partial charge in [0.25, 0.3) is 5.91 Å². The lowest BCUT2D eigenvalue weighted by atomic mass is 9.67. The number of nitrogens with two attached hydrogens (primary N) is 1. The molecule has 2 bridgehead atoms.